The number of nitrogens with zero attached hydrogens (tertiary/aromatic N) is 1. The van der Waals surface area contributed by atoms with E-state index in [9.17, 15) is 4.79 Å². The normalized spacial score (nSPS) is 11.5. The van der Waals surface area contributed by atoms with Crippen LogP contribution in [-0.4, -0.2) is 41.8 Å². The van der Waals surface area contributed by atoms with E-state index >= 15 is 0 Å². The number of likely N-dealkylation sites (N-methyl/N-ethyl adjacent to an activating group) is 1. The number of H-pyrrole nitrogens is 1. The minimum atomic E-state index is -0.504. The number of hydrogen-bond donors (Lipinski definition) is 1. The lowest BCUT2D eigenvalue weighted by atomic mass is 10.2. The minimum absolute atomic E-state index is 0.358. The predicted octanol–water partition coefficient (Wildman–Crippen LogP) is 4.07. The number of amides is 1. The van der Waals surface area contributed by atoms with Gasteiger partial charge in [-0.2, -0.15) is 0 Å². The number of carbonyl (C=O) groups excluding carboxylic acids is 1. The fourth-order valence-corrected chi connectivity index (χ4v) is 2.20. The van der Waals surface area contributed by atoms with Crippen LogP contribution in [0, 0.1) is 0 Å². The summed E-state index contributed by atoms with van der Waals surface area (Å²) in [6.45, 7) is 6.29. The number of ether oxygens (including phenoxy) is 2. The molecule has 0 saturated heterocycles. The van der Waals surface area contributed by atoms with Crippen molar-refractivity contribution in [2.24, 2.45) is 0 Å². The van der Waals surface area contributed by atoms with Gasteiger partial charge in [-0.1, -0.05) is 17.7 Å². The van der Waals surface area contributed by atoms with Gasteiger partial charge in [0.2, 0.25) is 0 Å². The molecule has 2 aromatic rings. The van der Waals surface area contributed by atoms with Crippen LogP contribution in [-0.2, 0) is 4.74 Å². The van der Waals surface area contributed by atoms with Gasteiger partial charge in [-0.25, -0.2) is 4.79 Å². The van der Waals surface area contributed by atoms with Gasteiger partial charge < -0.3 is 19.4 Å². The molecule has 0 aliphatic heterocycles. The molecule has 0 saturated carbocycles. The maximum Gasteiger partial charge on any atom is 0.410 e. The zero-order chi connectivity index (χ0) is 16.3. The highest BCUT2D eigenvalue weighted by atomic mass is 35.5. The standard InChI is InChI=1S/C16H21ClN2O3/c1-16(2,3)22-15(20)19(4)8-9-21-13-7-5-6-12-14(13)11(17)10-18-12/h5-7,10,18H,8-9H2,1-4H3. The van der Waals surface area contributed by atoms with E-state index in [0.29, 0.717) is 23.9 Å². The number of benzene rings is 1. The van der Waals surface area contributed by atoms with Crippen LogP contribution in [0.25, 0.3) is 10.9 Å². The molecule has 0 bridgehead atoms. The lowest BCUT2D eigenvalue weighted by Crippen LogP contribution is -2.36. The highest BCUT2D eigenvalue weighted by molar-refractivity contribution is 6.36. The summed E-state index contributed by atoms with van der Waals surface area (Å²) in [5, 5.41) is 1.47. The summed E-state index contributed by atoms with van der Waals surface area (Å²) in [6, 6.07) is 5.68. The number of fused-ring (bicyclic) bond motifs is 1. The molecule has 0 aliphatic rings. The Morgan fingerprint density at radius 2 is 2.09 bits per heavy atom. The number of hydrogen-bond acceptors (Lipinski definition) is 3. The van der Waals surface area contributed by atoms with Crippen molar-refractivity contribution < 1.29 is 14.3 Å². The first-order valence-corrected chi connectivity index (χ1v) is 7.48. The lowest BCUT2D eigenvalue weighted by molar-refractivity contribution is 0.0278. The van der Waals surface area contributed by atoms with E-state index in [-0.39, 0.29) is 6.09 Å². The molecule has 6 heteroatoms. The summed E-state index contributed by atoms with van der Waals surface area (Å²) < 4.78 is 11.0. The Kier molecular flexibility index (Phi) is 4.86. The summed E-state index contributed by atoms with van der Waals surface area (Å²) in [5.74, 6) is 0.696. The zero-order valence-corrected chi connectivity index (χ0v) is 14.0. The van der Waals surface area contributed by atoms with Gasteiger partial charge in [0.05, 0.1) is 22.5 Å². The van der Waals surface area contributed by atoms with Crippen LogP contribution in [0.3, 0.4) is 0 Å². The van der Waals surface area contributed by atoms with E-state index in [2.05, 4.69) is 4.98 Å². The van der Waals surface area contributed by atoms with Crippen molar-refractivity contribution in [3.63, 3.8) is 0 Å². The molecule has 1 heterocycles. The second-order valence-corrected chi connectivity index (χ2v) is 6.47. The number of halogens is 1. The molecule has 1 aromatic heterocycles. The summed E-state index contributed by atoms with van der Waals surface area (Å²) >= 11 is 6.15. The molecular formula is C16H21ClN2O3. The van der Waals surface area contributed by atoms with Crippen molar-refractivity contribution in [2.45, 2.75) is 26.4 Å². The number of aromatic nitrogens is 1. The highest BCUT2D eigenvalue weighted by Gasteiger charge is 2.19. The third-order valence-electron chi connectivity index (χ3n) is 3.01. The van der Waals surface area contributed by atoms with Crippen molar-refractivity contribution >= 4 is 28.6 Å². The van der Waals surface area contributed by atoms with Gasteiger partial charge in [-0.15, -0.1) is 0 Å². The number of rotatable bonds is 4. The van der Waals surface area contributed by atoms with E-state index in [1.807, 2.05) is 39.0 Å². The van der Waals surface area contributed by atoms with E-state index in [4.69, 9.17) is 21.1 Å². The largest absolute Gasteiger partial charge is 0.491 e. The van der Waals surface area contributed by atoms with Gasteiger partial charge in [0.25, 0.3) is 0 Å². The number of nitrogens with one attached hydrogen (secondary N) is 1. The second kappa shape index (κ2) is 6.48. The summed E-state index contributed by atoms with van der Waals surface area (Å²) in [5.41, 5.74) is 0.416. The van der Waals surface area contributed by atoms with Crippen molar-refractivity contribution in [3.05, 3.63) is 29.4 Å². The highest BCUT2D eigenvalue weighted by Crippen LogP contribution is 2.31. The van der Waals surface area contributed by atoms with Gasteiger partial charge in [0, 0.05) is 13.2 Å². The smallest absolute Gasteiger partial charge is 0.410 e. The number of aromatic amines is 1. The average molecular weight is 325 g/mol. The van der Waals surface area contributed by atoms with Gasteiger partial charge >= 0.3 is 6.09 Å². The van der Waals surface area contributed by atoms with E-state index < -0.39 is 5.60 Å². The Bertz CT molecular complexity index is 661. The molecule has 0 radical (unpaired) electrons. The maximum absolute atomic E-state index is 11.8. The molecular weight excluding hydrogens is 304 g/mol. The summed E-state index contributed by atoms with van der Waals surface area (Å²) in [4.78, 5) is 16.4. The number of carbonyl (C=O) groups is 1. The van der Waals surface area contributed by atoms with E-state index in [0.717, 1.165) is 10.9 Å². The molecule has 0 unspecified atom stereocenters. The first-order valence-electron chi connectivity index (χ1n) is 7.10. The summed E-state index contributed by atoms with van der Waals surface area (Å²) in [6.07, 6.45) is 1.36. The second-order valence-electron chi connectivity index (χ2n) is 6.07. The first-order chi connectivity index (χ1) is 10.3. The lowest BCUT2D eigenvalue weighted by Gasteiger charge is -2.24. The van der Waals surface area contributed by atoms with Crippen molar-refractivity contribution in [1.29, 1.82) is 0 Å². The third-order valence-corrected chi connectivity index (χ3v) is 3.31. The van der Waals surface area contributed by atoms with Gasteiger partial charge in [-0.3, -0.25) is 0 Å². The van der Waals surface area contributed by atoms with Crippen molar-refractivity contribution in [2.75, 3.05) is 20.2 Å². The SMILES string of the molecule is CN(CCOc1cccc2[nH]cc(Cl)c12)C(=O)OC(C)(C)C. The van der Waals surface area contributed by atoms with Crippen LogP contribution in [0.4, 0.5) is 4.79 Å². The van der Waals surface area contributed by atoms with Crippen molar-refractivity contribution in [3.8, 4) is 5.75 Å². The predicted molar refractivity (Wildman–Crippen MR) is 87.7 cm³/mol. The molecule has 2 rings (SSSR count). The fourth-order valence-electron chi connectivity index (χ4n) is 1.95. The quantitative estimate of drug-likeness (QED) is 0.922. The van der Waals surface area contributed by atoms with E-state index in [1.165, 1.54) is 4.90 Å². The molecule has 0 atom stereocenters. The van der Waals surface area contributed by atoms with Crippen LogP contribution >= 0.6 is 11.6 Å². The third kappa shape index (κ3) is 4.07. The Balaban J connectivity index is 1.93. The fraction of sp³-hybridized carbons (Fsp3) is 0.438. The molecule has 0 spiro atoms. The minimum Gasteiger partial charge on any atom is -0.491 e. The van der Waals surface area contributed by atoms with Crippen LogP contribution in [0.2, 0.25) is 5.02 Å². The maximum atomic E-state index is 11.8. The monoisotopic (exact) mass is 324 g/mol. The zero-order valence-electron chi connectivity index (χ0n) is 13.3. The van der Waals surface area contributed by atoms with Crippen LogP contribution in [0.15, 0.2) is 24.4 Å². The molecule has 22 heavy (non-hydrogen) atoms. The molecule has 0 aliphatic carbocycles. The van der Waals surface area contributed by atoms with Crippen LogP contribution in [0.5, 0.6) is 5.75 Å². The van der Waals surface area contributed by atoms with Crippen LogP contribution < -0.4 is 4.74 Å². The Hall–Kier alpha value is -1.88. The molecule has 1 N–H and O–H groups in total. The average Bonchev–Trinajstić information content (AvgIpc) is 2.79. The topological polar surface area (TPSA) is 54.6 Å². The van der Waals surface area contributed by atoms with Gasteiger partial charge in [0.15, 0.2) is 0 Å². The Labute approximate surface area is 135 Å². The van der Waals surface area contributed by atoms with Crippen molar-refractivity contribution in [1.82, 2.24) is 9.88 Å². The Morgan fingerprint density at radius 3 is 2.77 bits per heavy atom. The van der Waals surface area contributed by atoms with Gasteiger partial charge in [0.1, 0.15) is 18.0 Å². The van der Waals surface area contributed by atoms with E-state index in [1.54, 1.807) is 13.2 Å². The molecule has 1 amide bonds. The van der Waals surface area contributed by atoms with Gasteiger partial charge in [-0.05, 0) is 32.9 Å². The summed E-state index contributed by atoms with van der Waals surface area (Å²) in [7, 11) is 1.68. The first kappa shape index (κ1) is 16.5. The Morgan fingerprint density at radius 1 is 1.36 bits per heavy atom. The van der Waals surface area contributed by atoms with Crippen LogP contribution in [0.1, 0.15) is 20.8 Å². The molecule has 5 nitrogen and oxygen atoms in total. The molecule has 1 aromatic carbocycles. The molecule has 0 fully saturated rings. The molecule has 120 valence electrons.